The molecular weight excluding hydrogens is 316 g/mol. The first-order chi connectivity index (χ1) is 9.38. The molecule has 112 valence electrons. The van der Waals surface area contributed by atoms with Crippen molar-refractivity contribution in [2.24, 2.45) is 0 Å². The van der Waals surface area contributed by atoms with E-state index in [9.17, 15) is 4.79 Å². The predicted octanol–water partition coefficient (Wildman–Crippen LogP) is 4.17. The van der Waals surface area contributed by atoms with E-state index in [1.807, 2.05) is 6.92 Å². The van der Waals surface area contributed by atoms with Gasteiger partial charge in [-0.05, 0) is 56.9 Å². The maximum atomic E-state index is 12.1. The molecule has 3 nitrogen and oxygen atoms in total. The number of amides is 1. The molecule has 0 saturated carbocycles. The molecule has 0 aliphatic carbocycles. The Morgan fingerprint density at radius 1 is 1.20 bits per heavy atom. The van der Waals surface area contributed by atoms with Crippen LogP contribution in [-0.4, -0.2) is 18.0 Å². The van der Waals surface area contributed by atoms with E-state index in [0.29, 0.717) is 0 Å². The number of carbonyl (C=O) groups is 1. The van der Waals surface area contributed by atoms with Crippen LogP contribution in [0.25, 0.3) is 0 Å². The molecule has 1 atom stereocenters. The number of carbonyl (C=O) groups excluding carboxylic acids is 1. The molecule has 0 aliphatic rings. The number of nitrogens with one attached hydrogen (secondary N) is 2. The van der Waals surface area contributed by atoms with Crippen LogP contribution >= 0.6 is 15.9 Å². The van der Waals surface area contributed by atoms with Crippen molar-refractivity contribution in [3.63, 3.8) is 0 Å². The van der Waals surface area contributed by atoms with Crippen LogP contribution < -0.4 is 10.6 Å². The van der Waals surface area contributed by atoms with E-state index in [4.69, 9.17) is 0 Å². The van der Waals surface area contributed by atoms with Crippen molar-refractivity contribution in [2.75, 3.05) is 5.32 Å². The molecule has 1 aromatic carbocycles. The maximum Gasteiger partial charge on any atom is 0.242 e. The topological polar surface area (TPSA) is 41.1 Å². The molecule has 4 heteroatoms. The molecular formula is C16H25BrN2O. The third-order valence-corrected chi connectivity index (χ3v) is 4.80. The molecule has 2 N–H and O–H groups in total. The molecule has 1 rings (SSSR count). The normalized spacial score (nSPS) is 12.3. The summed E-state index contributed by atoms with van der Waals surface area (Å²) in [5.74, 6) is 0.0527. The van der Waals surface area contributed by atoms with Crippen LogP contribution in [0.3, 0.4) is 0 Å². The summed E-state index contributed by atoms with van der Waals surface area (Å²) >= 11 is 3.55. The first kappa shape index (κ1) is 17.0. The Labute approximate surface area is 130 Å². The second-order valence-electron chi connectivity index (χ2n) is 5.31. The summed E-state index contributed by atoms with van der Waals surface area (Å²) in [4.78, 5) is 12.1. The van der Waals surface area contributed by atoms with Gasteiger partial charge >= 0.3 is 0 Å². The highest BCUT2D eigenvalue weighted by Crippen LogP contribution is 2.25. The molecule has 0 bridgehead atoms. The van der Waals surface area contributed by atoms with Crippen molar-refractivity contribution >= 4 is 27.5 Å². The van der Waals surface area contributed by atoms with Crippen LogP contribution in [0.2, 0.25) is 0 Å². The van der Waals surface area contributed by atoms with Gasteiger partial charge in [-0.1, -0.05) is 29.8 Å². The Morgan fingerprint density at radius 3 is 2.15 bits per heavy atom. The van der Waals surface area contributed by atoms with Crippen molar-refractivity contribution in [1.29, 1.82) is 0 Å². The van der Waals surface area contributed by atoms with Gasteiger partial charge in [-0.15, -0.1) is 0 Å². The molecule has 0 aliphatic heterocycles. The fourth-order valence-electron chi connectivity index (χ4n) is 2.16. The summed E-state index contributed by atoms with van der Waals surface area (Å²) in [5, 5.41) is 6.34. The van der Waals surface area contributed by atoms with Gasteiger partial charge in [0.15, 0.2) is 0 Å². The van der Waals surface area contributed by atoms with Crippen molar-refractivity contribution in [1.82, 2.24) is 5.32 Å². The first-order valence-electron chi connectivity index (χ1n) is 7.22. The zero-order valence-electron chi connectivity index (χ0n) is 13.0. The van der Waals surface area contributed by atoms with E-state index in [1.54, 1.807) is 0 Å². The van der Waals surface area contributed by atoms with Gasteiger partial charge in [0.2, 0.25) is 5.91 Å². The van der Waals surface area contributed by atoms with Gasteiger partial charge in [0, 0.05) is 16.2 Å². The molecule has 0 heterocycles. The van der Waals surface area contributed by atoms with E-state index in [2.05, 4.69) is 66.4 Å². The van der Waals surface area contributed by atoms with Gasteiger partial charge in [0.1, 0.15) is 6.04 Å². The molecule has 20 heavy (non-hydrogen) atoms. The fourth-order valence-corrected chi connectivity index (χ4v) is 2.39. The van der Waals surface area contributed by atoms with Crippen molar-refractivity contribution in [3.05, 3.63) is 27.7 Å². The van der Waals surface area contributed by atoms with E-state index < -0.39 is 0 Å². The van der Waals surface area contributed by atoms with Crippen molar-refractivity contribution < 1.29 is 4.79 Å². The molecule has 0 saturated heterocycles. The average molecular weight is 341 g/mol. The third-order valence-electron chi connectivity index (χ3n) is 3.54. The van der Waals surface area contributed by atoms with Crippen LogP contribution in [0.5, 0.6) is 0 Å². The van der Waals surface area contributed by atoms with Gasteiger partial charge in [-0.25, -0.2) is 0 Å². The van der Waals surface area contributed by atoms with Crippen LogP contribution in [0.4, 0.5) is 5.69 Å². The largest absolute Gasteiger partial charge is 0.374 e. The predicted molar refractivity (Wildman–Crippen MR) is 89.2 cm³/mol. The maximum absolute atomic E-state index is 12.1. The standard InChI is InChI=1S/C16H25BrN2O/c1-6-13(7-2)19-16(20)12(5)18-14-8-10(3)15(17)11(4)9-14/h8-9,12-13,18H,6-7H2,1-5H3,(H,19,20). The first-order valence-corrected chi connectivity index (χ1v) is 8.01. The van der Waals surface area contributed by atoms with Crippen LogP contribution in [0.15, 0.2) is 16.6 Å². The molecule has 0 spiro atoms. The van der Waals surface area contributed by atoms with Crippen molar-refractivity contribution in [2.45, 2.75) is 59.5 Å². The summed E-state index contributed by atoms with van der Waals surface area (Å²) < 4.78 is 1.12. The van der Waals surface area contributed by atoms with E-state index in [1.165, 1.54) is 11.1 Å². The molecule has 0 radical (unpaired) electrons. The zero-order chi connectivity index (χ0) is 15.3. The number of hydrogen-bond acceptors (Lipinski definition) is 2. The molecule has 1 unspecified atom stereocenters. The van der Waals surface area contributed by atoms with Gasteiger partial charge < -0.3 is 10.6 Å². The van der Waals surface area contributed by atoms with Crippen LogP contribution in [-0.2, 0) is 4.79 Å². The molecule has 1 amide bonds. The Hall–Kier alpha value is -1.03. The average Bonchev–Trinajstić information content (AvgIpc) is 2.41. The number of rotatable bonds is 6. The van der Waals surface area contributed by atoms with Crippen molar-refractivity contribution in [3.8, 4) is 0 Å². The van der Waals surface area contributed by atoms with Gasteiger partial charge in [-0.3, -0.25) is 4.79 Å². The summed E-state index contributed by atoms with van der Waals surface area (Å²) in [6.45, 7) is 10.2. The highest BCUT2D eigenvalue weighted by atomic mass is 79.9. The second-order valence-corrected chi connectivity index (χ2v) is 6.11. The second kappa shape index (κ2) is 7.67. The number of aryl methyl sites for hydroxylation is 2. The van der Waals surface area contributed by atoms with E-state index >= 15 is 0 Å². The Kier molecular flexibility index (Phi) is 6.53. The zero-order valence-corrected chi connectivity index (χ0v) is 14.6. The number of anilines is 1. The van der Waals surface area contributed by atoms with Crippen LogP contribution in [0.1, 0.15) is 44.7 Å². The smallest absolute Gasteiger partial charge is 0.242 e. The fraction of sp³-hybridized carbons (Fsp3) is 0.562. The van der Waals surface area contributed by atoms with Crippen LogP contribution in [0, 0.1) is 13.8 Å². The lowest BCUT2D eigenvalue weighted by Crippen LogP contribution is -2.42. The summed E-state index contributed by atoms with van der Waals surface area (Å²) in [6.07, 6.45) is 1.93. The SMILES string of the molecule is CCC(CC)NC(=O)C(C)Nc1cc(C)c(Br)c(C)c1. The number of benzene rings is 1. The Bertz CT molecular complexity index is 447. The van der Waals surface area contributed by atoms with Gasteiger partial charge in [0.05, 0.1) is 0 Å². The molecule has 1 aromatic rings. The summed E-state index contributed by atoms with van der Waals surface area (Å²) in [6, 6.07) is 4.13. The van der Waals surface area contributed by atoms with E-state index in [0.717, 1.165) is 23.0 Å². The van der Waals surface area contributed by atoms with Gasteiger partial charge in [-0.2, -0.15) is 0 Å². The third kappa shape index (κ3) is 4.51. The Morgan fingerprint density at radius 2 is 1.70 bits per heavy atom. The van der Waals surface area contributed by atoms with E-state index in [-0.39, 0.29) is 18.0 Å². The lowest BCUT2D eigenvalue weighted by atomic mass is 10.1. The molecule has 0 fully saturated rings. The number of halogens is 1. The quantitative estimate of drug-likeness (QED) is 0.815. The highest BCUT2D eigenvalue weighted by molar-refractivity contribution is 9.10. The minimum atomic E-state index is -0.240. The summed E-state index contributed by atoms with van der Waals surface area (Å²) in [7, 11) is 0. The lowest BCUT2D eigenvalue weighted by Gasteiger charge is -2.20. The number of hydrogen-bond donors (Lipinski definition) is 2. The monoisotopic (exact) mass is 340 g/mol. The molecule has 0 aromatic heterocycles. The minimum absolute atomic E-state index is 0.0527. The minimum Gasteiger partial charge on any atom is -0.374 e. The highest BCUT2D eigenvalue weighted by Gasteiger charge is 2.16. The Balaban J connectivity index is 2.70. The summed E-state index contributed by atoms with van der Waals surface area (Å²) in [5.41, 5.74) is 3.32. The van der Waals surface area contributed by atoms with Gasteiger partial charge in [0.25, 0.3) is 0 Å². The lowest BCUT2D eigenvalue weighted by molar-refractivity contribution is -0.122.